The van der Waals surface area contributed by atoms with Crippen molar-refractivity contribution in [1.29, 1.82) is 5.26 Å². The lowest BCUT2D eigenvalue weighted by Crippen LogP contribution is -2.03. The highest BCUT2D eigenvalue weighted by Crippen LogP contribution is 2.20. The lowest BCUT2D eigenvalue weighted by Gasteiger charge is -2.08. The molecule has 1 N–H and O–H groups in total. The first-order valence-electron chi connectivity index (χ1n) is 7.71. The van der Waals surface area contributed by atoms with E-state index in [2.05, 4.69) is 18.3 Å². The van der Waals surface area contributed by atoms with Crippen molar-refractivity contribution in [3.8, 4) is 6.07 Å². The number of hydrogen-bond acceptors (Lipinski definition) is 2. The molecule has 0 radical (unpaired) electrons. The van der Waals surface area contributed by atoms with Gasteiger partial charge in [-0.15, -0.1) is 0 Å². The first-order chi connectivity index (χ1) is 9.77. The van der Waals surface area contributed by atoms with Crippen LogP contribution in [0.5, 0.6) is 0 Å². The molecule has 3 heteroatoms. The Hall–Kier alpha value is -1.20. The maximum Gasteiger partial charge on any atom is 0.101 e. The van der Waals surface area contributed by atoms with Crippen LogP contribution >= 0.6 is 11.6 Å². The summed E-state index contributed by atoms with van der Waals surface area (Å²) in [5.74, 6) is 0. The lowest BCUT2D eigenvalue weighted by atomic mass is 10.1. The topological polar surface area (TPSA) is 35.8 Å². The van der Waals surface area contributed by atoms with Crippen molar-refractivity contribution in [3.63, 3.8) is 0 Å². The van der Waals surface area contributed by atoms with Crippen molar-refractivity contribution in [1.82, 2.24) is 0 Å². The normalized spacial score (nSPS) is 10.2. The van der Waals surface area contributed by atoms with Gasteiger partial charge in [0.25, 0.3) is 0 Å². The Labute approximate surface area is 128 Å². The van der Waals surface area contributed by atoms with Gasteiger partial charge in [0.05, 0.1) is 11.3 Å². The van der Waals surface area contributed by atoms with Gasteiger partial charge in [-0.25, -0.2) is 0 Å². The van der Waals surface area contributed by atoms with Crippen LogP contribution in [-0.2, 0) is 0 Å². The summed E-state index contributed by atoms with van der Waals surface area (Å²) in [6.07, 6.45) is 10.5. The van der Waals surface area contributed by atoms with Gasteiger partial charge in [-0.3, -0.25) is 0 Å². The van der Waals surface area contributed by atoms with E-state index in [0.717, 1.165) is 18.7 Å². The molecule has 0 aromatic heterocycles. The number of benzene rings is 1. The number of nitrogens with zero attached hydrogens (tertiary/aromatic N) is 1. The average Bonchev–Trinajstić information content (AvgIpc) is 2.46. The second-order valence-electron chi connectivity index (χ2n) is 5.20. The van der Waals surface area contributed by atoms with Crippen LogP contribution in [-0.4, -0.2) is 6.54 Å². The lowest BCUT2D eigenvalue weighted by molar-refractivity contribution is 0.581. The van der Waals surface area contributed by atoms with Crippen LogP contribution in [0.2, 0.25) is 5.02 Å². The number of halogens is 1. The number of nitriles is 1. The van der Waals surface area contributed by atoms with E-state index in [1.54, 1.807) is 12.1 Å². The third-order valence-electron chi connectivity index (χ3n) is 3.45. The van der Waals surface area contributed by atoms with Gasteiger partial charge in [-0.2, -0.15) is 5.26 Å². The molecule has 20 heavy (non-hydrogen) atoms. The molecule has 2 nitrogen and oxygen atoms in total. The van der Waals surface area contributed by atoms with Crippen LogP contribution in [0.4, 0.5) is 5.69 Å². The number of nitrogens with one attached hydrogen (secondary N) is 1. The van der Waals surface area contributed by atoms with E-state index in [1.165, 1.54) is 44.9 Å². The van der Waals surface area contributed by atoms with Crippen molar-refractivity contribution in [2.75, 3.05) is 11.9 Å². The van der Waals surface area contributed by atoms with Crippen LogP contribution in [0.1, 0.15) is 63.9 Å². The summed E-state index contributed by atoms with van der Waals surface area (Å²) in [4.78, 5) is 0. The van der Waals surface area contributed by atoms with E-state index in [-0.39, 0.29) is 0 Å². The van der Waals surface area contributed by atoms with Crippen molar-refractivity contribution >= 4 is 17.3 Å². The van der Waals surface area contributed by atoms with E-state index >= 15 is 0 Å². The molecule has 0 bridgehead atoms. The van der Waals surface area contributed by atoms with Crippen molar-refractivity contribution < 1.29 is 0 Å². The second-order valence-corrected chi connectivity index (χ2v) is 5.64. The SMILES string of the molecule is CCCCCCCCCCNc1cc(Cl)ccc1C#N. The van der Waals surface area contributed by atoms with Gasteiger partial charge in [0, 0.05) is 11.6 Å². The van der Waals surface area contributed by atoms with Crippen LogP contribution in [0.3, 0.4) is 0 Å². The van der Waals surface area contributed by atoms with Crippen LogP contribution < -0.4 is 5.32 Å². The minimum Gasteiger partial charge on any atom is -0.384 e. The molecule has 110 valence electrons. The first-order valence-corrected chi connectivity index (χ1v) is 8.09. The summed E-state index contributed by atoms with van der Waals surface area (Å²) in [5.41, 5.74) is 1.51. The zero-order valence-electron chi connectivity index (χ0n) is 12.4. The largest absolute Gasteiger partial charge is 0.384 e. The summed E-state index contributed by atoms with van der Waals surface area (Å²) in [7, 11) is 0. The predicted molar refractivity (Wildman–Crippen MR) is 87.3 cm³/mol. The molecule has 0 saturated heterocycles. The molecule has 1 aromatic rings. The maximum atomic E-state index is 9.02. The monoisotopic (exact) mass is 292 g/mol. The third kappa shape index (κ3) is 6.82. The number of anilines is 1. The van der Waals surface area contributed by atoms with Gasteiger partial charge in [0.1, 0.15) is 6.07 Å². The fourth-order valence-corrected chi connectivity index (χ4v) is 2.41. The van der Waals surface area contributed by atoms with Crippen molar-refractivity contribution in [2.24, 2.45) is 0 Å². The molecule has 1 rings (SSSR count). The molecule has 0 aliphatic rings. The molecule has 0 unspecified atom stereocenters. The van der Waals surface area contributed by atoms with Crippen molar-refractivity contribution in [2.45, 2.75) is 58.3 Å². The standard InChI is InChI=1S/C17H25ClN2/c1-2-3-4-5-6-7-8-9-12-20-17-13-16(18)11-10-15(17)14-19/h10-11,13,20H,2-9,12H2,1H3. The fraction of sp³-hybridized carbons (Fsp3) is 0.588. The molecular weight excluding hydrogens is 268 g/mol. The van der Waals surface area contributed by atoms with E-state index in [1.807, 2.05) is 6.07 Å². The molecule has 1 aromatic carbocycles. The van der Waals surface area contributed by atoms with E-state index in [9.17, 15) is 0 Å². The first kappa shape index (κ1) is 16.9. The smallest absolute Gasteiger partial charge is 0.101 e. The maximum absolute atomic E-state index is 9.02. The minimum atomic E-state index is 0.661. The van der Waals surface area contributed by atoms with Gasteiger partial charge in [-0.05, 0) is 24.6 Å². The van der Waals surface area contributed by atoms with Crippen LogP contribution in [0, 0.1) is 11.3 Å². The van der Waals surface area contributed by atoms with Gasteiger partial charge < -0.3 is 5.32 Å². The molecule has 0 amide bonds. The Morgan fingerprint density at radius 1 is 1.05 bits per heavy atom. The number of hydrogen-bond donors (Lipinski definition) is 1. The summed E-state index contributed by atoms with van der Waals surface area (Å²) in [6.45, 7) is 3.15. The van der Waals surface area contributed by atoms with E-state index in [4.69, 9.17) is 16.9 Å². The molecule has 0 atom stereocenters. The van der Waals surface area contributed by atoms with Crippen LogP contribution in [0.25, 0.3) is 0 Å². The Kier molecular flexibility index (Phi) is 8.91. The van der Waals surface area contributed by atoms with Gasteiger partial charge in [0.15, 0.2) is 0 Å². The van der Waals surface area contributed by atoms with Crippen LogP contribution in [0.15, 0.2) is 18.2 Å². The zero-order valence-corrected chi connectivity index (χ0v) is 13.2. The highest BCUT2D eigenvalue weighted by atomic mass is 35.5. The summed E-state index contributed by atoms with van der Waals surface area (Å²) in [5, 5.41) is 13.0. The molecule has 0 aliphatic heterocycles. The summed E-state index contributed by atoms with van der Waals surface area (Å²) in [6, 6.07) is 7.52. The minimum absolute atomic E-state index is 0.661. The predicted octanol–water partition coefficient (Wildman–Crippen LogP) is 5.76. The fourth-order valence-electron chi connectivity index (χ4n) is 2.24. The number of unbranched alkanes of at least 4 members (excludes halogenated alkanes) is 7. The Bertz CT molecular complexity index is 423. The molecule has 0 saturated carbocycles. The Morgan fingerprint density at radius 3 is 2.35 bits per heavy atom. The van der Waals surface area contributed by atoms with Gasteiger partial charge >= 0.3 is 0 Å². The van der Waals surface area contributed by atoms with E-state index in [0.29, 0.717) is 10.6 Å². The molecular formula is C17H25ClN2. The zero-order chi connectivity index (χ0) is 14.6. The quantitative estimate of drug-likeness (QED) is 0.556. The highest BCUT2D eigenvalue weighted by molar-refractivity contribution is 6.30. The van der Waals surface area contributed by atoms with E-state index < -0.39 is 0 Å². The highest BCUT2D eigenvalue weighted by Gasteiger charge is 2.01. The molecule has 0 spiro atoms. The van der Waals surface area contributed by atoms with Gasteiger partial charge in [-0.1, -0.05) is 63.5 Å². The second kappa shape index (κ2) is 10.6. The van der Waals surface area contributed by atoms with Gasteiger partial charge in [0.2, 0.25) is 0 Å². The molecule has 0 fully saturated rings. The Morgan fingerprint density at radius 2 is 1.70 bits per heavy atom. The molecule has 0 aliphatic carbocycles. The summed E-state index contributed by atoms with van der Waals surface area (Å²) < 4.78 is 0. The number of rotatable bonds is 10. The average molecular weight is 293 g/mol. The van der Waals surface area contributed by atoms with Crippen molar-refractivity contribution in [3.05, 3.63) is 28.8 Å². The molecule has 0 heterocycles. The summed E-state index contributed by atoms with van der Waals surface area (Å²) >= 11 is 5.95. The third-order valence-corrected chi connectivity index (χ3v) is 3.68. The Balaban J connectivity index is 2.12.